The highest BCUT2D eigenvalue weighted by molar-refractivity contribution is 9.10. The number of hydrogen-bond acceptors (Lipinski definition) is 1. The van der Waals surface area contributed by atoms with Crippen molar-refractivity contribution in [1.82, 2.24) is 0 Å². The Morgan fingerprint density at radius 3 is 2.63 bits per heavy atom. The van der Waals surface area contributed by atoms with Gasteiger partial charge in [0.25, 0.3) is 5.91 Å². The highest BCUT2D eigenvalue weighted by atomic mass is 79.9. The molecule has 0 saturated heterocycles. The van der Waals surface area contributed by atoms with Gasteiger partial charge in [0.2, 0.25) is 0 Å². The quantitative estimate of drug-likeness (QED) is 0.834. The summed E-state index contributed by atoms with van der Waals surface area (Å²) < 4.78 is 14.2. The van der Waals surface area contributed by atoms with E-state index in [-0.39, 0.29) is 5.56 Å². The summed E-state index contributed by atoms with van der Waals surface area (Å²) in [5, 5.41) is 3.25. The van der Waals surface area contributed by atoms with E-state index in [4.69, 9.17) is 11.6 Å². The molecule has 2 nitrogen and oxygen atoms in total. The SMILES string of the molecule is Cc1cc(Cl)ccc1NC(=O)c1ccc(Br)cc1F. The van der Waals surface area contributed by atoms with Gasteiger partial charge in [0.1, 0.15) is 5.82 Å². The van der Waals surface area contributed by atoms with Gasteiger partial charge in [-0.25, -0.2) is 4.39 Å². The number of rotatable bonds is 2. The molecule has 2 rings (SSSR count). The number of nitrogens with one attached hydrogen (secondary N) is 1. The van der Waals surface area contributed by atoms with E-state index in [1.54, 1.807) is 24.3 Å². The van der Waals surface area contributed by atoms with Crippen LogP contribution in [0.5, 0.6) is 0 Å². The van der Waals surface area contributed by atoms with Gasteiger partial charge in [-0.15, -0.1) is 0 Å². The molecule has 0 spiro atoms. The van der Waals surface area contributed by atoms with Crippen molar-refractivity contribution in [2.24, 2.45) is 0 Å². The van der Waals surface area contributed by atoms with Crippen LogP contribution < -0.4 is 5.32 Å². The first-order chi connectivity index (χ1) is 8.97. The Labute approximate surface area is 123 Å². The van der Waals surface area contributed by atoms with Crippen LogP contribution in [0.25, 0.3) is 0 Å². The zero-order valence-electron chi connectivity index (χ0n) is 10.0. The zero-order chi connectivity index (χ0) is 14.0. The van der Waals surface area contributed by atoms with Crippen molar-refractivity contribution in [3.05, 3.63) is 62.8 Å². The summed E-state index contributed by atoms with van der Waals surface area (Å²) in [6, 6.07) is 9.39. The van der Waals surface area contributed by atoms with E-state index >= 15 is 0 Å². The first-order valence-corrected chi connectivity index (χ1v) is 6.67. The number of halogens is 3. The molecule has 0 radical (unpaired) electrons. The largest absolute Gasteiger partial charge is 0.322 e. The average molecular weight is 343 g/mol. The lowest BCUT2D eigenvalue weighted by Gasteiger charge is -2.09. The molecule has 0 aliphatic carbocycles. The van der Waals surface area contributed by atoms with Crippen LogP contribution in [0.3, 0.4) is 0 Å². The molecule has 0 aliphatic rings. The maximum atomic E-state index is 13.7. The molecule has 5 heteroatoms. The standard InChI is InChI=1S/C14H10BrClFNO/c1-8-6-10(16)3-5-13(8)18-14(19)11-4-2-9(15)7-12(11)17/h2-7H,1H3,(H,18,19). The van der Waals surface area contributed by atoms with Crippen molar-refractivity contribution in [3.63, 3.8) is 0 Å². The highest BCUT2D eigenvalue weighted by Gasteiger charge is 2.13. The van der Waals surface area contributed by atoms with E-state index in [1.165, 1.54) is 12.1 Å². The smallest absolute Gasteiger partial charge is 0.258 e. The maximum absolute atomic E-state index is 13.7. The average Bonchev–Trinajstić information content (AvgIpc) is 2.32. The molecular formula is C14H10BrClFNO. The van der Waals surface area contributed by atoms with Gasteiger partial charge in [0.05, 0.1) is 5.56 Å². The molecule has 19 heavy (non-hydrogen) atoms. The maximum Gasteiger partial charge on any atom is 0.258 e. The van der Waals surface area contributed by atoms with Crippen LogP contribution in [0.15, 0.2) is 40.9 Å². The number of carbonyl (C=O) groups is 1. The fourth-order valence-electron chi connectivity index (χ4n) is 1.63. The predicted molar refractivity (Wildman–Crippen MR) is 78.2 cm³/mol. The summed E-state index contributed by atoms with van der Waals surface area (Å²) in [5.74, 6) is -1.06. The summed E-state index contributed by atoms with van der Waals surface area (Å²) in [6.45, 7) is 1.82. The lowest BCUT2D eigenvalue weighted by Crippen LogP contribution is -2.14. The Balaban J connectivity index is 2.25. The molecule has 0 saturated carbocycles. The van der Waals surface area contributed by atoms with E-state index in [0.717, 1.165) is 5.56 Å². The minimum absolute atomic E-state index is 0.00227. The van der Waals surface area contributed by atoms with E-state index in [0.29, 0.717) is 15.2 Å². The van der Waals surface area contributed by atoms with Gasteiger partial charge in [-0.2, -0.15) is 0 Å². The van der Waals surface area contributed by atoms with Gasteiger partial charge in [0, 0.05) is 15.2 Å². The summed E-state index contributed by atoms with van der Waals surface area (Å²) in [7, 11) is 0. The van der Waals surface area contributed by atoms with Crippen molar-refractivity contribution >= 4 is 39.1 Å². The zero-order valence-corrected chi connectivity index (χ0v) is 12.3. The van der Waals surface area contributed by atoms with Gasteiger partial charge in [0.15, 0.2) is 0 Å². The number of carbonyl (C=O) groups excluding carboxylic acids is 1. The Kier molecular flexibility index (Phi) is 4.22. The number of aryl methyl sites for hydroxylation is 1. The molecule has 0 aromatic heterocycles. The van der Waals surface area contributed by atoms with Gasteiger partial charge in [-0.3, -0.25) is 4.79 Å². The highest BCUT2D eigenvalue weighted by Crippen LogP contribution is 2.21. The lowest BCUT2D eigenvalue weighted by molar-refractivity contribution is 0.102. The molecule has 1 amide bonds. The fraction of sp³-hybridized carbons (Fsp3) is 0.0714. The Hall–Kier alpha value is -1.39. The molecule has 2 aromatic rings. The Bertz CT molecular complexity index is 645. The van der Waals surface area contributed by atoms with Crippen LogP contribution in [0.2, 0.25) is 5.02 Å². The minimum Gasteiger partial charge on any atom is -0.322 e. The fourth-order valence-corrected chi connectivity index (χ4v) is 2.19. The second-order valence-electron chi connectivity index (χ2n) is 4.04. The molecule has 0 fully saturated rings. The minimum atomic E-state index is -0.571. The predicted octanol–water partition coefficient (Wildman–Crippen LogP) is 4.80. The molecule has 0 atom stereocenters. The summed E-state index contributed by atoms with van der Waals surface area (Å²) in [6.07, 6.45) is 0. The van der Waals surface area contributed by atoms with Crippen molar-refractivity contribution in [2.45, 2.75) is 6.92 Å². The number of benzene rings is 2. The third-order valence-electron chi connectivity index (χ3n) is 2.61. The lowest BCUT2D eigenvalue weighted by atomic mass is 10.1. The van der Waals surface area contributed by atoms with Crippen LogP contribution in [0.1, 0.15) is 15.9 Å². The van der Waals surface area contributed by atoms with E-state index < -0.39 is 11.7 Å². The molecule has 0 aliphatic heterocycles. The van der Waals surface area contributed by atoms with Crippen molar-refractivity contribution in [3.8, 4) is 0 Å². The molecule has 0 bridgehead atoms. The number of anilines is 1. The number of amides is 1. The van der Waals surface area contributed by atoms with Gasteiger partial charge in [-0.1, -0.05) is 27.5 Å². The van der Waals surface area contributed by atoms with E-state index in [2.05, 4.69) is 21.2 Å². The molecule has 0 unspecified atom stereocenters. The summed E-state index contributed by atoms with van der Waals surface area (Å²) in [5.41, 5.74) is 1.42. The van der Waals surface area contributed by atoms with Crippen LogP contribution >= 0.6 is 27.5 Å². The van der Waals surface area contributed by atoms with Crippen molar-refractivity contribution < 1.29 is 9.18 Å². The Morgan fingerprint density at radius 2 is 2.00 bits per heavy atom. The Morgan fingerprint density at radius 1 is 1.26 bits per heavy atom. The number of hydrogen-bond donors (Lipinski definition) is 1. The second kappa shape index (κ2) is 5.72. The molecule has 98 valence electrons. The van der Waals surface area contributed by atoms with Gasteiger partial charge >= 0.3 is 0 Å². The molecule has 2 aromatic carbocycles. The second-order valence-corrected chi connectivity index (χ2v) is 5.39. The van der Waals surface area contributed by atoms with Crippen molar-refractivity contribution in [2.75, 3.05) is 5.32 Å². The third kappa shape index (κ3) is 3.33. The van der Waals surface area contributed by atoms with Crippen LogP contribution in [-0.2, 0) is 0 Å². The molecular weight excluding hydrogens is 333 g/mol. The summed E-state index contributed by atoms with van der Waals surface area (Å²) >= 11 is 8.98. The van der Waals surface area contributed by atoms with E-state index in [9.17, 15) is 9.18 Å². The molecule has 1 N–H and O–H groups in total. The third-order valence-corrected chi connectivity index (χ3v) is 3.34. The van der Waals surface area contributed by atoms with Crippen LogP contribution in [-0.4, -0.2) is 5.91 Å². The monoisotopic (exact) mass is 341 g/mol. The first kappa shape index (κ1) is 14.0. The molecule has 0 heterocycles. The van der Waals surface area contributed by atoms with E-state index in [1.807, 2.05) is 6.92 Å². The normalized spacial score (nSPS) is 10.3. The summed E-state index contributed by atoms with van der Waals surface area (Å²) in [4.78, 5) is 12.0. The van der Waals surface area contributed by atoms with Crippen LogP contribution in [0, 0.1) is 12.7 Å². The van der Waals surface area contributed by atoms with Gasteiger partial charge < -0.3 is 5.32 Å². The van der Waals surface area contributed by atoms with Crippen molar-refractivity contribution in [1.29, 1.82) is 0 Å². The first-order valence-electron chi connectivity index (χ1n) is 5.50. The van der Waals surface area contributed by atoms with Crippen LogP contribution in [0.4, 0.5) is 10.1 Å². The topological polar surface area (TPSA) is 29.1 Å². The van der Waals surface area contributed by atoms with Gasteiger partial charge in [-0.05, 0) is 48.9 Å².